The van der Waals surface area contributed by atoms with E-state index in [-0.39, 0.29) is 48.6 Å². The fourth-order valence-electron chi connectivity index (χ4n) is 5.26. The lowest BCUT2D eigenvalue weighted by Crippen LogP contribution is -2.24. The Bertz CT molecular complexity index is 1880. The Morgan fingerprint density at radius 1 is 0.925 bits per heavy atom. The van der Waals surface area contributed by atoms with Crippen molar-refractivity contribution in [2.75, 3.05) is 13.1 Å². The largest absolute Gasteiger partial charge is 0.337 e. The Kier molecular flexibility index (Phi) is 5.63. The lowest BCUT2D eigenvalue weighted by Gasteiger charge is -2.15. The quantitative estimate of drug-likeness (QED) is 0.248. The van der Waals surface area contributed by atoms with Gasteiger partial charge in [-0.1, -0.05) is 24.3 Å². The van der Waals surface area contributed by atoms with Gasteiger partial charge in [0.05, 0.1) is 34.7 Å². The number of H-pyrrole nitrogens is 2. The second-order valence-electron chi connectivity index (χ2n) is 9.97. The van der Waals surface area contributed by atoms with E-state index in [4.69, 9.17) is 4.98 Å². The van der Waals surface area contributed by atoms with E-state index in [2.05, 4.69) is 25.1 Å². The second-order valence-corrected chi connectivity index (χ2v) is 9.97. The van der Waals surface area contributed by atoms with Gasteiger partial charge in [0.25, 0.3) is 5.92 Å². The molecular formula is C29H21F4N7. The maximum absolute atomic E-state index is 16.1. The summed E-state index contributed by atoms with van der Waals surface area (Å²) in [5.74, 6) is -3.28. The summed E-state index contributed by atoms with van der Waals surface area (Å²) in [4.78, 5) is 18.1. The van der Waals surface area contributed by atoms with Crippen molar-refractivity contribution in [2.24, 2.45) is 0 Å². The minimum Gasteiger partial charge on any atom is -0.337 e. The first-order chi connectivity index (χ1) is 19.3. The fourth-order valence-corrected chi connectivity index (χ4v) is 5.26. The first-order valence-electron chi connectivity index (χ1n) is 12.7. The van der Waals surface area contributed by atoms with E-state index < -0.39 is 11.7 Å². The Morgan fingerprint density at radius 3 is 2.58 bits per heavy atom. The number of aromatic nitrogens is 6. The van der Waals surface area contributed by atoms with Gasteiger partial charge in [0.15, 0.2) is 11.6 Å². The number of rotatable bonds is 5. The molecule has 0 bridgehead atoms. The standard InChI is InChI=1S/C29H21F4N7/c30-19-6-4-17(5-7-19)20-2-1-3-21-26(20)37-28(36-21)27-23-22(38-39-27)13-35-25(24(23)31)18-10-16(11-34-12-18)14-40-9-8-29(32,33)15-40/h1-7,10-13H,8-9,14-15H2,(H,36,37)(H,38,39). The van der Waals surface area contributed by atoms with E-state index >= 15 is 4.39 Å². The third kappa shape index (κ3) is 4.28. The Hall–Kier alpha value is -4.64. The predicted molar refractivity (Wildman–Crippen MR) is 142 cm³/mol. The van der Waals surface area contributed by atoms with Gasteiger partial charge in [-0.3, -0.25) is 20.0 Å². The number of alkyl halides is 2. The highest BCUT2D eigenvalue weighted by Gasteiger charge is 2.38. The summed E-state index contributed by atoms with van der Waals surface area (Å²) >= 11 is 0. The zero-order valence-electron chi connectivity index (χ0n) is 20.9. The molecule has 200 valence electrons. The van der Waals surface area contributed by atoms with Crippen molar-refractivity contribution in [1.29, 1.82) is 0 Å². The van der Waals surface area contributed by atoms with Gasteiger partial charge in [-0.05, 0) is 35.4 Å². The molecule has 0 saturated carbocycles. The van der Waals surface area contributed by atoms with Gasteiger partial charge in [-0.15, -0.1) is 0 Å². The maximum atomic E-state index is 16.1. The molecule has 1 aliphatic rings. The zero-order chi connectivity index (χ0) is 27.4. The maximum Gasteiger partial charge on any atom is 0.261 e. The van der Waals surface area contributed by atoms with Crippen molar-refractivity contribution in [2.45, 2.75) is 18.9 Å². The Labute approximate surface area is 224 Å². The SMILES string of the molecule is Fc1ccc(-c2cccc3[nH]c(-c4n[nH]c5cnc(-c6cncc(CN7CCC(F)(F)C7)c6)c(F)c45)nc23)cc1. The molecule has 2 N–H and O–H groups in total. The lowest BCUT2D eigenvalue weighted by atomic mass is 10.0. The molecule has 40 heavy (non-hydrogen) atoms. The lowest BCUT2D eigenvalue weighted by molar-refractivity contribution is 0.0115. The van der Waals surface area contributed by atoms with E-state index in [9.17, 15) is 13.2 Å². The number of nitrogens with zero attached hydrogens (tertiary/aromatic N) is 5. The average molecular weight is 544 g/mol. The summed E-state index contributed by atoms with van der Waals surface area (Å²) in [6.07, 6.45) is 4.40. The highest BCUT2D eigenvalue weighted by molar-refractivity contribution is 5.98. The molecule has 1 fully saturated rings. The van der Waals surface area contributed by atoms with Crippen LogP contribution in [0.1, 0.15) is 12.0 Å². The van der Waals surface area contributed by atoms with Gasteiger partial charge in [-0.2, -0.15) is 5.10 Å². The van der Waals surface area contributed by atoms with Crippen molar-refractivity contribution in [3.05, 3.63) is 84.3 Å². The van der Waals surface area contributed by atoms with Crippen LogP contribution in [0.15, 0.2) is 67.1 Å². The summed E-state index contributed by atoms with van der Waals surface area (Å²) in [7, 11) is 0. The molecule has 0 atom stereocenters. The first-order valence-corrected chi connectivity index (χ1v) is 12.7. The topological polar surface area (TPSA) is 86.4 Å². The van der Waals surface area contributed by atoms with Crippen molar-refractivity contribution in [3.8, 4) is 33.9 Å². The van der Waals surface area contributed by atoms with E-state index in [0.717, 1.165) is 11.1 Å². The molecule has 5 heterocycles. The van der Waals surface area contributed by atoms with E-state index in [1.54, 1.807) is 29.3 Å². The molecule has 7 nitrogen and oxygen atoms in total. The number of pyridine rings is 2. The van der Waals surface area contributed by atoms with Crippen LogP contribution in [-0.2, 0) is 6.54 Å². The molecule has 0 spiro atoms. The molecule has 1 aliphatic heterocycles. The number of imidazole rings is 1. The molecular weight excluding hydrogens is 522 g/mol. The summed E-state index contributed by atoms with van der Waals surface area (Å²) in [5.41, 5.74) is 4.79. The molecule has 0 radical (unpaired) electrons. The van der Waals surface area contributed by atoms with Crippen molar-refractivity contribution in [3.63, 3.8) is 0 Å². The minimum atomic E-state index is -2.70. The number of fused-ring (bicyclic) bond motifs is 2. The van der Waals surface area contributed by atoms with Crippen molar-refractivity contribution < 1.29 is 17.6 Å². The number of aromatic amines is 2. The van der Waals surface area contributed by atoms with Crippen LogP contribution < -0.4 is 0 Å². The van der Waals surface area contributed by atoms with Gasteiger partial charge < -0.3 is 4.98 Å². The van der Waals surface area contributed by atoms with Gasteiger partial charge in [0.1, 0.15) is 17.2 Å². The van der Waals surface area contributed by atoms with Crippen LogP contribution in [0.5, 0.6) is 0 Å². The number of benzene rings is 2. The van der Waals surface area contributed by atoms with Gasteiger partial charge in [0, 0.05) is 43.0 Å². The number of hydrogen-bond acceptors (Lipinski definition) is 5. The van der Waals surface area contributed by atoms with Gasteiger partial charge >= 0.3 is 0 Å². The third-order valence-corrected chi connectivity index (χ3v) is 7.16. The fraction of sp³-hybridized carbons (Fsp3) is 0.172. The van der Waals surface area contributed by atoms with Crippen molar-refractivity contribution in [1.82, 2.24) is 35.0 Å². The zero-order valence-corrected chi connectivity index (χ0v) is 20.9. The van der Waals surface area contributed by atoms with Gasteiger partial charge in [0.2, 0.25) is 0 Å². The number of halogens is 4. The van der Waals surface area contributed by atoms with Crippen LogP contribution in [0.3, 0.4) is 0 Å². The second kappa shape index (κ2) is 9.23. The van der Waals surface area contributed by atoms with Gasteiger partial charge in [-0.25, -0.2) is 22.5 Å². The van der Waals surface area contributed by atoms with E-state index in [0.29, 0.717) is 33.5 Å². The summed E-state index contributed by atoms with van der Waals surface area (Å²) in [5, 5.41) is 7.36. The molecule has 2 aromatic carbocycles. The minimum absolute atomic E-state index is 0.0689. The Balaban J connectivity index is 1.27. The molecule has 7 rings (SSSR count). The number of hydrogen-bond donors (Lipinski definition) is 2. The van der Waals surface area contributed by atoms with Crippen LogP contribution in [0.25, 0.3) is 55.8 Å². The number of nitrogens with one attached hydrogen (secondary N) is 2. The Morgan fingerprint density at radius 2 is 1.77 bits per heavy atom. The molecule has 1 saturated heterocycles. The molecule has 0 aliphatic carbocycles. The monoisotopic (exact) mass is 543 g/mol. The summed E-state index contributed by atoms with van der Waals surface area (Å²) in [6, 6.07) is 13.4. The highest BCUT2D eigenvalue weighted by atomic mass is 19.3. The van der Waals surface area contributed by atoms with Crippen LogP contribution in [0.4, 0.5) is 17.6 Å². The van der Waals surface area contributed by atoms with E-state index in [1.165, 1.54) is 24.5 Å². The summed E-state index contributed by atoms with van der Waals surface area (Å²) < 4.78 is 56.8. The van der Waals surface area contributed by atoms with Crippen LogP contribution in [0.2, 0.25) is 0 Å². The molecule has 4 aromatic heterocycles. The third-order valence-electron chi connectivity index (χ3n) is 7.16. The number of para-hydroxylation sites is 1. The smallest absolute Gasteiger partial charge is 0.261 e. The summed E-state index contributed by atoms with van der Waals surface area (Å²) in [6.45, 7) is 0.260. The van der Waals surface area contributed by atoms with Crippen LogP contribution in [0, 0.1) is 11.6 Å². The molecule has 11 heteroatoms. The predicted octanol–water partition coefficient (Wildman–Crippen LogP) is 6.35. The molecule has 6 aromatic rings. The normalized spacial score (nSPS) is 15.4. The van der Waals surface area contributed by atoms with Crippen LogP contribution in [-0.4, -0.2) is 54.0 Å². The molecule has 0 amide bonds. The van der Waals surface area contributed by atoms with Crippen LogP contribution >= 0.6 is 0 Å². The van der Waals surface area contributed by atoms with Crippen molar-refractivity contribution >= 4 is 21.9 Å². The number of likely N-dealkylation sites (tertiary alicyclic amines) is 1. The highest BCUT2D eigenvalue weighted by Crippen LogP contribution is 2.35. The average Bonchev–Trinajstić information content (AvgIpc) is 3.65. The molecule has 0 unspecified atom stereocenters. The van der Waals surface area contributed by atoms with E-state index in [1.807, 2.05) is 18.2 Å². The first kappa shape index (κ1) is 24.4.